The molecule has 4 nitrogen and oxygen atoms in total. The summed E-state index contributed by atoms with van der Waals surface area (Å²) in [5.41, 5.74) is 40.6. The molecular weight excluding hydrogens is 990 g/mol. The van der Waals surface area contributed by atoms with Gasteiger partial charge >= 0.3 is 0 Å². The molecule has 13 aromatic rings. The Kier molecular flexibility index (Phi) is 9.67. The zero-order valence-electron chi connectivity index (χ0n) is 48.3. The van der Waals surface area contributed by atoms with Crippen LogP contribution in [0.15, 0.2) is 182 Å². The van der Waals surface area contributed by atoms with Gasteiger partial charge in [-0.05, 0) is 220 Å². The number of hydrogen-bond donors (Lipinski definition) is 0. The van der Waals surface area contributed by atoms with Gasteiger partial charge in [0.1, 0.15) is 0 Å². The van der Waals surface area contributed by atoms with E-state index < -0.39 is 0 Å². The van der Waals surface area contributed by atoms with Gasteiger partial charge in [-0.2, -0.15) is 0 Å². The predicted octanol–water partition coefficient (Wildman–Crippen LogP) is 15.5. The van der Waals surface area contributed by atoms with Crippen molar-refractivity contribution in [1.29, 1.82) is 0 Å². The first-order valence-electron chi connectivity index (χ1n) is 29.3. The van der Waals surface area contributed by atoms with Crippen LogP contribution in [0.25, 0.3) is 77.2 Å². The summed E-state index contributed by atoms with van der Waals surface area (Å²) in [5.74, 6) is 0. The molecule has 17 rings (SSSR count). The molecule has 11 aromatic carbocycles. The second-order valence-corrected chi connectivity index (χ2v) is 24.8. The minimum absolute atomic E-state index is 0.0721. The lowest BCUT2D eigenvalue weighted by Gasteiger charge is -2.45. The monoisotopic (exact) mass is 1050 g/mol. The highest BCUT2D eigenvalue weighted by Gasteiger charge is 2.48. The van der Waals surface area contributed by atoms with Crippen LogP contribution in [-0.2, 0) is 0 Å². The van der Waals surface area contributed by atoms with Gasteiger partial charge in [-0.1, -0.05) is 142 Å². The van der Waals surface area contributed by atoms with Crippen molar-refractivity contribution in [2.75, 3.05) is 9.80 Å². The average molecular weight is 1050 g/mol. The van der Waals surface area contributed by atoms with E-state index in [1.165, 1.54) is 188 Å². The van der Waals surface area contributed by atoms with Gasteiger partial charge in [0, 0.05) is 78.1 Å². The van der Waals surface area contributed by atoms with Crippen molar-refractivity contribution in [1.82, 2.24) is 9.13 Å². The molecule has 0 unspecified atom stereocenters. The Balaban J connectivity index is 1.06. The van der Waals surface area contributed by atoms with Gasteiger partial charge in [-0.25, -0.2) is 0 Å². The molecule has 4 aliphatic rings. The van der Waals surface area contributed by atoms with Crippen LogP contribution in [0, 0.1) is 69.2 Å². The van der Waals surface area contributed by atoms with Gasteiger partial charge in [0.05, 0.1) is 11.0 Å². The summed E-state index contributed by atoms with van der Waals surface area (Å²) in [6, 6.07) is 71.9. The van der Waals surface area contributed by atoms with Gasteiger partial charge in [0.15, 0.2) is 0 Å². The first-order chi connectivity index (χ1) is 39.8. The number of hydrogen-bond acceptors (Lipinski definition) is 2. The maximum Gasteiger partial charge on any atom is 0.252 e. The van der Waals surface area contributed by atoms with Crippen molar-refractivity contribution >= 4 is 124 Å². The van der Waals surface area contributed by atoms with Crippen LogP contribution in [0.5, 0.6) is 0 Å². The van der Waals surface area contributed by atoms with Crippen molar-refractivity contribution in [3.05, 3.63) is 238 Å². The molecule has 0 saturated heterocycles. The van der Waals surface area contributed by atoms with Crippen molar-refractivity contribution in [3.63, 3.8) is 0 Å². The molecule has 0 amide bonds. The molecule has 0 atom stereocenters. The number of aromatic nitrogens is 2. The Morgan fingerprint density at radius 2 is 0.707 bits per heavy atom. The summed E-state index contributed by atoms with van der Waals surface area (Å²) >= 11 is 0. The zero-order chi connectivity index (χ0) is 55.5. The van der Waals surface area contributed by atoms with E-state index in [9.17, 15) is 0 Å². The normalized spacial score (nSPS) is 13.4. The van der Waals surface area contributed by atoms with Crippen LogP contribution >= 0.6 is 0 Å². The number of benzene rings is 11. The van der Waals surface area contributed by atoms with E-state index in [1.807, 2.05) is 0 Å². The summed E-state index contributed by atoms with van der Waals surface area (Å²) in [6.45, 7) is 22.4. The Labute approximate surface area is 480 Å². The standard InChI is InChI=1S/C76H60B2N4/c1-41-13-22-53(23-14-41)79-66-40-67-62(39-61(66)77-63-34-47(7)33-60-59-32-46(6)18-28-65(59)81(75(60)63)70-37-51(35-68(79)73(70)77)56-29-43(3)11-19-48(56)8)78-72-50(10)21-26-55-58-31-45(5)17-27-64(58)82(76(55)72)71-38-52(57-30-44(4)12-20-49(57)9)36-69(74(71)78)80(67)54-24-15-42(2)16-25-54/h11-40H,1-10H3. The molecule has 2 aromatic heterocycles. The Morgan fingerprint density at radius 1 is 0.268 bits per heavy atom. The number of nitrogens with zero attached hydrogens (tertiary/aromatic N) is 4. The lowest BCUT2D eigenvalue weighted by atomic mass is 9.30. The molecule has 0 N–H and O–H groups in total. The maximum atomic E-state index is 2.70. The van der Waals surface area contributed by atoms with Crippen LogP contribution in [0.4, 0.5) is 34.1 Å². The second-order valence-electron chi connectivity index (χ2n) is 24.8. The molecule has 0 radical (unpaired) electrons. The highest BCUT2D eigenvalue weighted by Crippen LogP contribution is 2.49. The largest absolute Gasteiger partial charge is 0.311 e. The van der Waals surface area contributed by atoms with Crippen molar-refractivity contribution < 1.29 is 0 Å². The van der Waals surface area contributed by atoms with E-state index in [-0.39, 0.29) is 13.4 Å². The molecule has 4 aliphatic heterocycles. The molecule has 82 heavy (non-hydrogen) atoms. The van der Waals surface area contributed by atoms with E-state index in [1.54, 1.807) is 0 Å². The first kappa shape index (κ1) is 47.5. The molecular formula is C76H60B2N4. The molecule has 0 spiro atoms. The van der Waals surface area contributed by atoms with Gasteiger partial charge in [-0.3, -0.25) is 0 Å². The molecule has 6 heteroatoms. The number of fused-ring (bicyclic) bond motifs is 14. The molecule has 0 bridgehead atoms. The summed E-state index contributed by atoms with van der Waals surface area (Å²) in [5, 5.41) is 5.24. The fourth-order valence-corrected chi connectivity index (χ4v) is 15.5. The van der Waals surface area contributed by atoms with Gasteiger partial charge in [0.2, 0.25) is 0 Å². The van der Waals surface area contributed by atoms with Crippen LogP contribution in [0.1, 0.15) is 55.6 Å². The summed E-state index contributed by atoms with van der Waals surface area (Å²) in [4.78, 5) is 5.28. The third kappa shape index (κ3) is 6.41. The van der Waals surface area contributed by atoms with Crippen LogP contribution < -0.4 is 42.6 Å². The van der Waals surface area contributed by atoms with Gasteiger partial charge in [0.25, 0.3) is 13.4 Å². The quantitative estimate of drug-likeness (QED) is 0.163. The highest BCUT2D eigenvalue weighted by molar-refractivity contribution is 7.03. The van der Waals surface area contributed by atoms with Crippen LogP contribution in [0.2, 0.25) is 0 Å². The fourth-order valence-electron chi connectivity index (χ4n) is 15.5. The third-order valence-electron chi connectivity index (χ3n) is 19.2. The Hall–Kier alpha value is -9.25. The Bertz CT molecular complexity index is 5050. The van der Waals surface area contributed by atoms with E-state index in [0.29, 0.717) is 0 Å². The van der Waals surface area contributed by atoms with Crippen LogP contribution in [0.3, 0.4) is 0 Å². The number of anilines is 6. The van der Waals surface area contributed by atoms with Crippen molar-refractivity contribution in [2.24, 2.45) is 0 Å². The topological polar surface area (TPSA) is 16.3 Å². The smallest absolute Gasteiger partial charge is 0.252 e. The maximum absolute atomic E-state index is 2.70. The third-order valence-corrected chi connectivity index (χ3v) is 19.2. The van der Waals surface area contributed by atoms with Crippen LogP contribution in [-0.4, -0.2) is 22.6 Å². The van der Waals surface area contributed by atoms with E-state index >= 15 is 0 Å². The predicted molar refractivity (Wildman–Crippen MR) is 352 cm³/mol. The van der Waals surface area contributed by atoms with Crippen molar-refractivity contribution in [2.45, 2.75) is 69.2 Å². The Morgan fingerprint density at radius 3 is 1.27 bits per heavy atom. The number of rotatable bonds is 4. The fraction of sp³-hybridized carbons (Fsp3) is 0.132. The minimum atomic E-state index is -0.0739. The van der Waals surface area contributed by atoms with E-state index in [4.69, 9.17) is 0 Å². The second kappa shape index (κ2) is 16.7. The molecule has 0 fully saturated rings. The van der Waals surface area contributed by atoms with Crippen molar-refractivity contribution in [3.8, 4) is 33.6 Å². The molecule has 0 saturated carbocycles. The van der Waals surface area contributed by atoms with E-state index in [0.717, 1.165) is 11.4 Å². The molecule has 390 valence electrons. The summed E-state index contributed by atoms with van der Waals surface area (Å²) in [6.07, 6.45) is 0. The van der Waals surface area contributed by atoms with Gasteiger partial charge < -0.3 is 18.9 Å². The highest BCUT2D eigenvalue weighted by atomic mass is 15.2. The first-order valence-corrected chi connectivity index (χ1v) is 29.3. The SMILES string of the molecule is Cc1ccc(N2c3cc4c(cc3B3c5c2cc(-c2cc(C)ccc2C)cc5-n2c5ccc(C)cc5c5cc(C)cc3c52)B2c3c(cc(-c5cc(C)ccc5C)cc3-n3c5ccc(C)cc5c5ccc(C)c2c53)N4c2ccc(C)cc2)cc1. The number of aryl methyl sites for hydroxylation is 10. The lowest BCUT2D eigenvalue weighted by molar-refractivity contribution is 1.17. The minimum Gasteiger partial charge on any atom is -0.311 e. The summed E-state index contributed by atoms with van der Waals surface area (Å²) < 4.78 is 5.29. The average Bonchev–Trinajstić information content (AvgIpc) is 1.87. The molecule has 6 heterocycles. The lowest BCUT2D eigenvalue weighted by Crippen LogP contribution is -2.65. The molecule has 0 aliphatic carbocycles. The zero-order valence-corrected chi connectivity index (χ0v) is 48.3. The van der Waals surface area contributed by atoms with Gasteiger partial charge in [-0.15, -0.1) is 0 Å². The van der Waals surface area contributed by atoms with E-state index in [2.05, 4.69) is 270 Å². The summed E-state index contributed by atoms with van der Waals surface area (Å²) in [7, 11) is 0.